The normalized spacial score (nSPS) is 10.9. The fourth-order valence-electron chi connectivity index (χ4n) is 1.48. The van der Waals surface area contributed by atoms with Crippen molar-refractivity contribution in [1.82, 2.24) is 19.8 Å². The lowest BCUT2D eigenvalue weighted by Gasteiger charge is -2.00. The molecule has 3 aromatic rings. The van der Waals surface area contributed by atoms with Gasteiger partial charge in [0.2, 0.25) is 0 Å². The summed E-state index contributed by atoms with van der Waals surface area (Å²) in [6, 6.07) is 10.3. The molecule has 6 nitrogen and oxygen atoms in total. The molecule has 18 heavy (non-hydrogen) atoms. The van der Waals surface area contributed by atoms with Gasteiger partial charge >= 0.3 is 5.69 Å². The highest BCUT2D eigenvalue weighted by atomic mass is 32.2. The molecule has 0 unspecified atom stereocenters. The summed E-state index contributed by atoms with van der Waals surface area (Å²) in [7, 11) is 0. The van der Waals surface area contributed by atoms with Crippen LogP contribution >= 0.6 is 11.8 Å². The number of nitrogens with zero attached hydrogens (tertiary/aromatic N) is 3. The van der Waals surface area contributed by atoms with Crippen molar-refractivity contribution in [3.63, 3.8) is 0 Å². The first-order valence-electron chi connectivity index (χ1n) is 5.14. The molecule has 1 aromatic carbocycles. The summed E-state index contributed by atoms with van der Waals surface area (Å²) >= 11 is 1.40. The van der Waals surface area contributed by atoms with Crippen molar-refractivity contribution in [1.29, 1.82) is 0 Å². The molecule has 0 aliphatic carbocycles. The van der Waals surface area contributed by atoms with E-state index in [2.05, 4.69) is 15.3 Å². The summed E-state index contributed by atoms with van der Waals surface area (Å²) in [5, 5.41) is 20.2. The topological polar surface area (TPSA) is 83.3 Å². The van der Waals surface area contributed by atoms with Gasteiger partial charge in [-0.3, -0.25) is 0 Å². The molecular formula is C11H8N4O2S. The Hall–Kier alpha value is -2.28. The summed E-state index contributed by atoms with van der Waals surface area (Å²) in [6.07, 6.45) is 0. The van der Waals surface area contributed by atoms with E-state index in [-0.39, 0.29) is 11.4 Å². The fourth-order valence-corrected chi connectivity index (χ4v) is 2.25. The molecule has 0 aliphatic rings. The molecule has 0 spiro atoms. The van der Waals surface area contributed by atoms with Crippen LogP contribution in [-0.4, -0.2) is 24.9 Å². The van der Waals surface area contributed by atoms with Crippen LogP contribution in [0.4, 0.5) is 0 Å². The smallest absolute Gasteiger partial charge is 0.364 e. The summed E-state index contributed by atoms with van der Waals surface area (Å²) < 4.78 is 1.21. The molecule has 0 saturated carbocycles. The molecule has 2 aromatic heterocycles. The molecule has 3 rings (SSSR count). The van der Waals surface area contributed by atoms with E-state index in [9.17, 15) is 9.90 Å². The number of aromatic amines is 1. The summed E-state index contributed by atoms with van der Waals surface area (Å²) in [4.78, 5) is 12.3. The first-order valence-corrected chi connectivity index (χ1v) is 5.95. The van der Waals surface area contributed by atoms with E-state index in [1.54, 1.807) is 36.4 Å². The predicted octanol–water partition coefficient (Wildman–Crippen LogP) is 1.27. The van der Waals surface area contributed by atoms with Gasteiger partial charge < -0.3 is 5.11 Å². The Bertz CT molecular complexity index is 748. The van der Waals surface area contributed by atoms with Crippen LogP contribution in [0, 0.1) is 0 Å². The molecule has 2 N–H and O–H groups in total. The van der Waals surface area contributed by atoms with Crippen molar-refractivity contribution >= 4 is 17.4 Å². The Morgan fingerprint density at radius 3 is 2.72 bits per heavy atom. The van der Waals surface area contributed by atoms with Crippen LogP contribution in [0.3, 0.4) is 0 Å². The number of nitrogens with one attached hydrogen (secondary N) is 1. The van der Waals surface area contributed by atoms with Crippen LogP contribution in [0.25, 0.3) is 5.65 Å². The highest BCUT2D eigenvalue weighted by molar-refractivity contribution is 7.99. The molecular weight excluding hydrogens is 252 g/mol. The zero-order chi connectivity index (χ0) is 12.5. The molecule has 0 amide bonds. The minimum absolute atomic E-state index is 0.216. The van der Waals surface area contributed by atoms with Crippen molar-refractivity contribution in [2.45, 2.75) is 9.92 Å². The molecule has 7 heteroatoms. The van der Waals surface area contributed by atoms with Crippen molar-refractivity contribution in [3.8, 4) is 5.75 Å². The second-order valence-electron chi connectivity index (χ2n) is 3.57. The fraction of sp³-hybridized carbons (Fsp3) is 0. The average Bonchev–Trinajstić information content (AvgIpc) is 2.74. The molecule has 0 atom stereocenters. The van der Waals surface area contributed by atoms with Gasteiger partial charge in [-0.05, 0) is 36.4 Å². The highest BCUT2D eigenvalue weighted by Gasteiger charge is 2.04. The first-order chi connectivity index (χ1) is 8.72. The Balaban J connectivity index is 1.97. The van der Waals surface area contributed by atoms with E-state index >= 15 is 0 Å². The van der Waals surface area contributed by atoms with Crippen molar-refractivity contribution < 1.29 is 5.11 Å². The van der Waals surface area contributed by atoms with Crippen LogP contribution in [-0.2, 0) is 0 Å². The number of aromatic hydroxyl groups is 1. The van der Waals surface area contributed by atoms with Crippen molar-refractivity contribution in [3.05, 3.63) is 46.9 Å². The number of fused-ring (bicyclic) bond motifs is 1. The minimum atomic E-state index is -0.363. The lowest BCUT2D eigenvalue weighted by atomic mass is 10.3. The number of aromatic nitrogens is 4. The maximum atomic E-state index is 11.4. The van der Waals surface area contributed by atoms with Gasteiger partial charge in [0, 0.05) is 4.90 Å². The standard InChI is InChI=1S/C11H8N4O2S/c16-7-1-3-8(4-2-7)18-10-6-5-9-12-13-11(17)15(9)14-10/h1-6,16H,(H,13,17). The van der Waals surface area contributed by atoms with Gasteiger partial charge in [-0.2, -0.15) is 14.7 Å². The molecule has 0 saturated heterocycles. The number of phenolic OH excluding ortho intramolecular Hbond substituents is 1. The van der Waals surface area contributed by atoms with E-state index < -0.39 is 0 Å². The van der Waals surface area contributed by atoms with Gasteiger partial charge in [-0.1, -0.05) is 11.8 Å². The molecule has 0 fully saturated rings. The van der Waals surface area contributed by atoms with E-state index in [0.29, 0.717) is 10.7 Å². The lowest BCUT2D eigenvalue weighted by molar-refractivity contribution is 0.475. The van der Waals surface area contributed by atoms with Crippen LogP contribution in [0.15, 0.2) is 51.1 Å². The maximum absolute atomic E-state index is 11.4. The number of hydrogen-bond donors (Lipinski definition) is 2. The third-order valence-electron chi connectivity index (χ3n) is 2.31. The SMILES string of the molecule is O=c1[nH]nc2ccc(Sc3ccc(O)cc3)nn12. The predicted molar refractivity (Wildman–Crippen MR) is 65.8 cm³/mol. The van der Waals surface area contributed by atoms with Crippen molar-refractivity contribution in [2.24, 2.45) is 0 Å². The third-order valence-corrected chi connectivity index (χ3v) is 3.24. The van der Waals surface area contributed by atoms with Gasteiger partial charge in [-0.15, -0.1) is 0 Å². The zero-order valence-electron chi connectivity index (χ0n) is 9.07. The van der Waals surface area contributed by atoms with Crippen LogP contribution in [0.5, 0.6) is 5.75 Å². The number of phenols is 1. The van der Waals surface area contributed by atoms with Crippen LogP contribution < -0.4 is 5.69 Å². The van der Waals surface area contributed by atoms with Crippen LogP contribution in [0.1, 0.15) is 0 Å². The van der Waals surface area contributed by atoms with E-state index in [1.165, 1.54) is 16.3 Å². The van der Waals surface area contributed by atoms with Gasteiger partial charge in [0.05, 0.1) is 0 Å². The summed E-state index contributed by atoms with van der Waals surface area (Å²) in [6.45, 7) is 0. The Morgan fingerprint density at radius 2 is 1.94 bits per heavy atom. The molecule has 0 radical (unpaired) electrons. The van der Waals surface area contributed by atoms with Gasteiger partial charge in [-0.25, -0.2) is 9.89 Å². The van der Waals surface area contributed by atoms with Crippen LogP contribution in [0.2, 0.25) is 0 Å². The second kappa shape index (κ2) is 4.19. The largest absolute Gasteiger partial charge is 0.508 e. The Morgan fingerprint density at radius 1 is 1.17 bits per heavy atom. The first kappa shape index (κ1) is 10.8. The highest BCUT2D eigenvalue weighted by Crippen LogP contribution is 2.26. The quantitative estimate of drug-likeness (QED) is 0.725. The zero-order valence-corrected chi connectivity index (χ0v) is 9.89. The number of rotatable bonds is 2. The molecule has 0 bridgehead atoms. The average molecular weight is 260 g/mol. The van der Waals surface area contributed by atoms with E-state index in [1.807, 2.05) is 0 Å². The lowest BCUT2D eigenvalue weighted by Crippen LogP contribution is -2.12. The number of benzene rings is 1. The summed E-state index contributed by atoms with van der Waals surface area (Å²) in [5.41, 5.74) is 0.119. The van der Waals surface area contributed by atoms with E-state index in [0.717, 1.165) is 4.90 Å². The van der Waals surface area contributed by atoms with E-state index in [4.69, 9.17) is 0 Å². The van der Waals surface area contributed by atoms with Gasteiger partial charge in [0.25, 0.3) is 0 Å². The number of hydrogen-bond acceptors (Lipinski definition) is 5. The van der Waals surface area contributed by atoms with Crippen molar-refractivity contribution in [2.75, 3.05) is 0 Å². The monoisotopic (exact) mass is 260 g/mol. The maximum Gasteiger partial charge on any atom is 0.364 e. The van der Waals surface area contributed by atoms with Gasteiger partial charge in [0.15, 0.2) is 5.65 Å². The minimum Gasteiger partial charge on any atom is -0.508 e. The third kappa shape index (κ3) is 1.95. The number of H-pyrrole nitrogens is 1. The molecule has 2 heterocycles. The molecule has 0 aliphatic heterocycles. The summed E-state index contributed by atoms with van der Waals surface area (Å²) in [5.74, 6) is 0.216. The Labute approximate surface area is 105 Å². The van der Waals surface area contributed by atoms with Gasteiger partial charge in [0.1, 0.15) is 10.8 Å². The molecule has 90 valence electrons. The Kier molecular flexibility index (Phi) is 2.52. The second-order valence-corrected chi connectivity index (χ2v) is 4.66.